The van der Waals surface area contributed by atoms with E-state index in [0.29, 0.717) is 19.4 Å². The van der Waals surface area contributed by atoms with Crippen molar-refractivity contribution in [2.45, 2.75) is 57.9 Å². The number of benzene rings is 2. The lowest BCUT2D eigenvalue weighted by Crippen LogP contribution is -2.36. The molecule has 37 heavy (non-hydrogen) atoms. The van der Waals surface area contributed by atoms with Crippen LogP contribution >= 0.6 is 0 Å². The molecule has 0 saturated heterocycles. The lowest BCUT2D eigenvalue weighted by Gasteiger charge is -2.08. The molecule has 0 atom stereocenters. The maximum Gasteiger partial charge on any atom is 0.305 e. The van der Waals surface area contributed by atoms with Gasteiger partial charge in [0, 0.05) is 31.4 Å². The van der Waals surface area contributed by atoms with Crippen LogP contribution in [0.5, 0.6) is 5.75 Å². The van der Waals surface area contributed by atoms with Gasteiger partial charge in [-0.15, -0.1) is 0 Å². The minimum absolute atomic E-state index is 0.0227. The summed E-state index contributed by atoms with van der Waals surface area (Å²) >= 11 is 0. The largest absolute Gasteiger partial charge is 0.494 e. The Morgan fingerprint density at radius 2 is 1.57 bits per heavy atom. The zero-order chi connectivity index (χ0) is 27.0. The molecule has 0 bridgehead atoms. The number of ketones is 1. The van der Waals surface area contributed by atoms with Crippen LogP contribution in [-0.4, -0.2) is 47.3 Å². The molecule has 0 spiro atoms. The summed E-state index contributed by atoms with van der Waals surface area (Å²) < 4.78 is 13.0. The van der Waals surface area contributed by atoms with E-state index in [9.17, 15) is 9.59 Å². The van der Waals surface area contributed by atoms with Crippen molar-refractivity contribution >= 4 is 33.8 Å². The average Bonchev–Trinajstić information content (AvgIpc) is 2.86. The van der Waals surface area contributed by atoms with Crippen molar-refractivity contribution in [3.8, 4) is 5.75 Å². The Morgan fingerprint density at radius 3 is 2.30 bits per heavy atom. The fraction of sp³-hybridized carbons (Fsp3) is 0.462. The number of aliphatic carboxylic acids is 1. The van der Waals surface area contributed by atoms with E-state index < -0.39 is 11.1 Å². The van der Waals surface area contributed by atoms with Gasteiger partial charge in [-0.3, -0.25) is 9.59 Å². The van der Waals surface area contributed by atoms with Crippen molar-refractivity contribution in [2.24, 2.45) is 0 Å². The Morgan fingerprint density at radius 1 is 0.919 bits per heavy atom. The summed E-state index contributed by atoms with van der Waals surface area (Å²) in [7, 11) is 1.67. The minimum Gasteiger partial charge on any atom is -0.494 e. The number of carboxylic acid groups (broad SMARTS) is 1. The topological polar surface area (TPSA) is 156 Å². The number of hydrogen-bond donors (Lipinski definition) is 1. The highest BCUT2D eigenvalue weighted by Crippen LogP contribution is 2.23. The zero-order valence-electron chi connectivity index (χ0n) is 21.0. The second-order valence-corrected chi connectivity index (χ2v) is 8.37. The lowest BCUT2D eigenvalue weighted by molar-refractivity contribution is -0.646. The summed E-state index contributed by atoms with van der Waals surface area (Å²) in [5.41, 5.74) is 4.03. The summed E-state index contributed by atoms with van der Waals surface area (Å²) in [5, 5.41) is 23.3. The van der Waals surface area contributed by atoms with Crippen molar-refractivity contribution in [2.75, 3.05) is 20.3 Å². The highest BCUT2D eigenvalue weighted by Gasteiger charge is 2.18. The number of fused-ring (bicyclic) bond motifs is 2. The third-order valence-electron chi connectivity index (χ3n) is 5.72. The minimum atomic E-state index is -1.75. The molecule has 0 radical (unpaired) electrons. The standard InChI is InChI=1S/C26H32N2O5.NO3/c1-32-24-14-9-13-23-26(24)27-21-11-6-7-12-22(21)28(23)17-8-4-2-3-5-10-20(29)15-18-33-19-16-25(30)31;2-1(3)4/h6-7,9,11-14H,2-5,8,10,15-19H2,1H3;/q;-1/p+1. The SMILES string of the molecule is COc1cccc2c1nc1ccccc1[n+]2CCCCCCCC(=O)CCOCCC(=O)O.O=[N+]([O-])[O-]. The molecule has 0 unspecified atom stereocenters. The number of hydrogen-bond acceptors (Lipinski definition) is 8. The Hall–Kier alpha value is -3.86. The fourth-order valence-electron chi connectivity index (χ4n) is 3.98. The van der Waals surface area contributed by atoms with Gasteiger partial charge in [0.05, 0.1) is 31.8 Å². The van der Waals surface area contributed by atoms with E-state index in [1.54, 1.807) is 7.11 Å². The van der Waals surface area contributed by atoms with Gasteiger partial charge in [0.15, 0.2) is 11.3 Å². The van der Waals surface area contributed by atoms with Gasteiger partial charge in [-0.05, 0) is 25.0 Å². The maximum absolute atomic E-state index is 11.9. The van der Waals surface area contributed by atoms with Crippen LogP contribution in [0.15, 0.2) is 42.5 Å². The third-order valence-corrected chi connectivity index (χ3v) is 5.72. The summed E-state index contributed by atoms with van der Waals surface area (Å²) in [6.45, 7) is 1.37. The van der Waals surface area contributed by atoms with E-state index >= 15 is 0 Å². The molecule has 0 aliphatic carbocycles. The number of carbonyl (C=O) groups is 2. The number of carbonyl (C=O) groups excluding carboxylic acids is 1. The third kappa shape index (κ3) is 10.3. The predicted molar refractivity (Wildman–Crippen MR) is 137 cm³/mol. The molecule has 1 heterocycles. The number of ether oxygens (including phenoxy) is 2. The van der Waals surface area contributed by atoms with Crippen LogP contribution in [0.1, 0.15) is 51.4 Å². The van der Waals surface area contributed by atoms with E-state index in [1.165, 1.54) is 0 Å². The van der Waals surface area contributed by atoms with Crippen LogP contribution in [0, 0.1) is 15.3 Å². The van der Waals surface area contributed by atoms with Crippen molar-refractivity contribution < 1.29 is 33.8 Å². The average molecular weight is 516 g/mol. The number of aromatic nitrogens is 2. The molecule has 1 N–H and O–H groups in total. The van der Waals surface area contributed by atoms with Crippen molar-refractivity contribution in [1.29, 1.82) is 0 Å². The first-order chi connectivity index (χ1) is 17.8. The fourth-order valence-corrected chi connectivity index (χ4v) is 3.98. The summed E-state index contributed by atoms with van der Waals surface area (Å²) in [4.78, 5) is 35.4. The number of rotatable bonds is 15. The van der Waals surface area contributed by atoms with E-state index in [-0.39, 0.29) is 18.8 Å². The second-order valence-electron chi connectivity index (χ2n) is 8.37. The molecule has 3 rings (SSSR count). The predicted octanol–water partition coefficient (Wildman–Crippen LogP) is 4.24. The van der Waals surface area contributed by atoms with Gasteiger partial charge >= 0.3 is 5.97 Å². The lowest BCUT2D eigenvalue weighted by atomic mass is 10.1. The van der Waals surface area contributed by atoms with Gasteiger partial charge in [-0.2, -0.15) is 4.57 Å². The Balaban J connectivity index is 0.00000112. The molecule has 0 aliphatic heterocycles. The van der Waals surface area contributed by atoms with Crippen LogP contribution in [0.3, 0.4) is 0 Å². The molecule has 11 heteroatoms. The van der Waals surface area contributed by atoms with Crippen LogP contribution in [0.25, 0.3) is 22.1 Å². The monoisotopic (exact) mass is 515 g/mol. The number of nitrogens with zero attached hydrogens (tertiary/aromatic N) is 3. The van der Waals surface area contributed by atoms with Gasteiger partial charge in [0.25, 0.3) is 0 Å². The van der Waals surface area contributed by atoms with E-state index in [2.05, 4.69) is 16.7 Å². The molecule has 0 aliphatic rings. The normalized spacial score (nSPS) is 10.6. The quantitative estimate of drug-likeness (QED) is 0.103. The Kier molecular flexibility index (Phi) is 12.7. The van der Waals surface area contributed by atoms with Gasteiger partial charge < -0.3 is 29.9 Å². The smallest absolute Gasteiger partial charge is 0.305 e. The molecule has 0 saturated carbocycles. The molecule has 0 amide bonds. The summed E-state index contributed by atoms with van der Waals surface area (Å²) in [5.74, 6) is 0.0817. The summed E-state index contributed by atoms with van der Waals surface area (Å²) in [6, 6.07) is 14.2. The molecule has 1 aromatic heterocycles. The second kappa shape index (κ2) is 16.0. The van der Waals surface area contributed by atoms with Crippen molar-refractivity contribution in [3.05, 3.63) is 57.8 Å². The van der Waals surface area contributed by atoms with Crippen molar-refractivity contribution in [1.82, 2.24) is 4.98 Å². The Bertz CT molecular complexity index is 1180. The van der Waals surface area contributed by atoms with Crippen LogP contribution in [-0.2, 0) is 20.9 Å². The highest BCUT2D eigenvalue weighted by atomic mass is 16.9. The summed E-state index contributed by atoms with van der Waals surface area (Å²) in [6.07, 6.45) is 6.07. The highest BCUT2D eigenvalue weighted by molar-refractivity contribution is 5.85. The first-order valence-electron chi connectivity index (χ1n) is 12.2. The zero-order valence-corrected chi connectivity index (χ0v) is 21.0. The van der Waals surface area contributed by atoms with Crippen LogP contribution in [0.4, 0.5) is 0 Å². The molecule has 0 fully saturated rings. The van der Waals surface area contributed by atoms with Gasteiger partial charge in [-0.1, -0.05) is 31.0 Å². The van der Waals surface area contributed by atoms with Crippen LogP contribution in [0.2, 0.25) is 0 Å². The Labute approximate surface area is 214 Å². The number of carboxylic acids is 1. The molecular weight excluding hydrogens is 482 g/mol. The molecule has 200 valence electrons. The van der Waals surface area contributed by atoms with Crippen molar-refractivity contribution in [3.63, 3.8) is 0 Å². The van der Waals surface area contributed by atoms with E-state index in [1.807, 2.05) is 30.3 Å². The number of Topliss-reactive ketones (excluding diaryl/α,β-unsaturated/α-hetero) is 1. The van der Waals surface area contributed by atoms with Crippen LogP contribution < -0.4 is 9.30 Å². The molecule has 3 aromatic rings. The number of methoxy groups -OCH3 is 1. The van der Waals surface area contributed by atoms with Gasteiger partial charge in [0.1, 0.15) is 17.8 Å². The molecule has 11 nitrogen and oxygen atoms in total. The number of para-hydroxylation sites is 3. The maximum atomic E-state index is 11.9. The number of unbranched alkanes of at least 4 members (excludes halogenated alkanes) is 4. The molecule has 2 aromatic carbocycles. The van der Waals surface area contributed by atoms with Gasteiger partial charge in [0.2, 0.25) is 11.0 Å². The number of aryl methyl sites for hydroxylation is 1. The first kappa shape index (κ1) is 29.4. The van der Waals surface area contributed by atoms with E-state index in [0.717, 1.165) is 66.5 Å². The molecular formula is C26H33N3O8. The first-order valence-corrected chi connectivity index (χ1v) is 12.2. The van der Waals surface area contributed by atoms with E-state index in [4.69, 9.17) is 34.9 Å². The van der Waals surface area contributed by atoms with Gasteiger partial charge in [-0.25, -0.2) is 4.98 Å².